The van der Waals surface area contributed by atoms with Crippen molar-refractivity contribution < 1.29 is 19.4 Å². The number of para-hydroxylation sites is 1. The molecule has 34 heavy (non-hydrogen) atoms. The highest BCUT2D eigenvalue weighted by Crippen LogP contribution is 2.34. The number of nitrogens with two attached hydrogens (primary N) is 1. The van der Waals surface area contributed by atoms with Gasteiger partial charge in [0.15, 0.2) is 11.6 Å². The average molecular weight is 463 g/mol. The first-order chi connectivity index (χ1) is 16.2. The van der Waals surface area contributed by atoms with E-state index in [9.17, 15) is 9.90 Å². The van der Waals surface area contributed by atoms with Gasteiger partial charge in [0, 0.05) is 24.1 Å². The molecule has 3 aromatic rings. The fraction of sp³-hybridized carbons (Fsp3) is 0.346. The molecule has 1 saturated heterocycles. The molecule has 0 bridgehead atoms. The molecule has 1 aliphatic heterocycles. The Labute approximate surface area is 199 Å². The molecule has 0 aliphatic carbocycles. The first-order valence-corrected chi connectivity index (χ1v) is 11.3. The molecule has 0 unspecified atom stereocenters. The predicted octanol–water partition coefficient (Wildman–Crippen LogP) is 4.60. The molecule has 3 N–H and O–H groups in total. The summed E-state index contributed by atoms with van der Waals surface area (Å²) in [4.78, 5) is 14.6. The molecule has 2 heterocycles. The van der Waals surface area contributed by atoms with Gasteiger partial charge in [-0.1, -0.05) is 42.5 Å². The van der Waals surface area contributed by atoms with Gasteiger partial charge in [-0.25, -0.2) is 4.79 Å². The summed E-state index contributed by atoms with van der Waals surface area (Å²) in [5.41, 5.74) is 7.58. The summed E-state index contributed by atoms with van der Waals surface area (Å²) in [5, 5.41) is 18.3. The van der Waals surface area contributed by atoms with Crippen LogP contribution >= 0.6 is 0 Å². The Morgan fingerprint density at radius 2 is 1.76 bits per heavy atom. The third-order valence-electron chi connectivity index (χ3n) is 5.59. The van der Waals surface area contributed by atoms with Crippen LogP contribution in [0.4, 0.5) is 10.6 Å². The molecule has 8 nitrogen and oxygen atoms in total. The van der Waals surface area contributed by atoms with E-state index in [2.05, 4.69) is 22.3 Å². The van der Waals surface area contributed by atoms with Gasteiger partial charge in [0.25, 0.3) is 0 Å². The number of carbonyl (C=O) groups is 1. The summed E-state index contributed by atoms with van der Waals surface area (Å²) >= 11 is 0. The summed E-state index contributed by atoms with van der Waals surface area (Å²) in [6, 6.07) is 18.6. The van der Waals surface area contributed by atoms with Gasteiger partial charge in [-0.2, -0.15) is 0 Å². The maximum atomic E-state index is 12.9. The number of anilines is 1. The molecule has 0 radical (unpaired) electrons. The van der Waals surface area contributed by atoms with Crippen molar-refractivity contribution in [1.29, 1.82) is 0 Å². The number of nitrogens with zero attached hydrogens (tertiary/aromatic N) is 3. The van der Waals surface area contributed by atoms with Gasteiger partial charge in [-0.15, -0.1) is 10.2 Å². The first-order valence-electron chi connectivity index (χ1n) is 11.3. The highest BCUT2D eigenvalue weighted by atomic mass is 16.6. The molecule has 0 saturated carbocycles. The van der Waals surface area contributed by atoms with E-state index in [1.54, 1.807) is 35.2 Å². The minimum absolute atomic E-state index is 0.0705. The lowest BCUT2D eigenvalue weighted by molar-refractivity contribution is 0.00429. The van der Waals surface area contributed by atoms with E-state index < -0.39 is 5.60 Å². The summed E-state index contributed by atoms with van der Waals surface area (Å²) in [7, 11) is 0. The van der Waals surface area contributed by atoms with E-state index in [-0.39, 0.29) is 29.7 Å². The number of phenolic OH excluding ortho intramolecular Hbond substituents is 1. The Morgan fingerprint density at radius 1 is 1.06 bits per heavy atom. The van der Waals surface area contributed by atoms with Crippen LogP contribution in [0.2, 0.25) is 0 Å². The number of hydrogen-bond donors (Lipinski definition) is 2. The smallest absolute Gasteiger partial charge is 0.410 e. The molecule has 1 amide bonds. The maximum Gasteiger partial charge on any atom is 0.410 e. The van der Waals surface area contributed by atoms with E-state index in [1.165, 1.54) is 0 Å². The lowest BCUT2D eigenvalue weighted by Gasteiger charge is -2.38. The number of phenols is 1. The van der Waals surface area contributed by atoms with E-state index in [0.717, 1.165) is 5.56 Å². The fourth-order valence-electron chi connectivity index (χ4n) is 4.06. The fourth-order valence-corrected chi connectivity index (χ4v) is 4.06. The molecule has 0 spiro atoms. The topological polar surface area (TPSA) is 111 Å². The summed E-state index contributed by atoms with van der Waals surface area (Å²) < 4.78 is 11.9. The largest absolute Gasteiger partial charge is 0.507 e. The van der Waals surface area contributed by atoms with Crippen LogP contribution in [0.15, 0.2) is 60.7 Å². The van der Waals surface area contributed by atoms with Crippen molar-refractivity contribution >= 4 is 11.9 Å². The number of aromatic hydroxyl groups is 1. The van der Waals surface area contributed by atoms with Crippen molar-refractivity contribution in [3.63, 3.8) is 0 Å². The van der Waals surface area contributed by atoms with Crippen LogP contribution in [0.3, 0.4) is 0 Å². The van der Waals surface area contributed by atoms with E-state index in [0.29, 0.717) is 36.5 Å². The highest BCUT2D eigenvalue weighted by molar-refractivity contribution is 5.69. The molecule has 2 aromatic carbocycles. The Kier molecular flexibility index (Phi) is 6.58. The summed E-state index contributed by atoms with van der Waals surface area (Å²) in [6.07, 6.45) is -0.0237. The monoisotopic (exact) mass is 462 g/mol. The van der Waals surface area contributed by atoms with E-state index in [4.69, 9.17) is 15.2 Å². The maximum absolute atomic E-state index is 12.9. The number of aromatic nitrogens is 2. The van der Waals surface area contributed by atoms with Gasteiger partial charge in [0.05, 0.1) is 6.54 Å². The third-order valence-corrected chi connectivity index (χ3v) is 5.59. The Morgan fingerprint density at radius 3 is 2.47 bits per heavy atom. The van der Waals surface area contributed by atoms with Crippen molar-refractivity contribution in [1.82, 2.24) is 15.1 Å². The zero-order chi connectivity index (χ0) is 24.3. The van der Waals surface area contributed by atoms with E-state index in [1.807, 2.05) is 39.0 Å². The number of amides is 1. The van der Waals surface area contributed by atoms with Crippen LogP contribution in [-0.2, 0) is 4.74 Å². The molecule has 4 rings (SSSR count). The number of nitrogen functional groups attached to an aromatic ring is 1. The lowest BCUT2D eigenvalue weighted by atomic mass is 9.89. The van der Waals surface area contributed by atoms with Gasteiger partial charge in [0.2, 0.25) is 0 Å². The Bertz CT molecular complexity index is 1150. The van der Waals surface area contributed by atoms with Gasteiger partial charge in [-0.3, -0.25) is 0 Å². The Balaban J connectivity index is 1.60. The van der Waals surface area contributed by atoms with Crippen LogP contribution in [0, 0.1) is 0 Å². The van der Waals surface area contributed by atoms with Crippen LogP contribution in [0.1, 0.15) is 38.7 Å². The van der Waals surface area contributed by atoms with Crippen molar-refractivity contribution in [2.24, 2.45) is 0 Å². The van der Waals surface area contributed by atoms with Crippen molar-refractivity contribution in [3.05, 3.63) is 66.2 Å². The minimum atomic E-state index is -0.598. The molecule has 1 aliphatic rings. The zero-order valence-electron chi connectivity index (χ0n) is 19.6. The molecule has 8 heteroatoms. The number of ether oxygens (including phenoxy) is 2. The molecular weight excluding hydrogens is 432 g/mol. The predicted molar refractivity (Wildman–Crippen MR) is 130 cm³/mol. The molecule has 1 fully saturated rings. The second kappa shape index (κ2) is 9.59. The second-order valence-electron chi connectivity index (χ2n) is 9.46. The van der Waals surface area contributed by atoms with Crippen LogP contribution < -0.4 is 10.5 Å². The summed E-state index contributed by atoms with van der Waals surface area (Å²) in [5.74, 6) is 0.660. The molecule has 2 atom stereocenters. The molecule has 1 aromatic heterocycles. The summed E-state index contributed by atoms with van der Waals surface area (Å²) in [6.45, 7) is 6.43. The number of hydrogen-bond acceptors (Lipinski definition) is 7. The lowest BCUT2D eigenvalue weighted by Crippen LogP contribution is -2.49. The molecular formula is C26H30N4O4. The number of likely N-dealkylation sites (tertiary alicyclic amines) is 1. The third kappa shape index (κ3) is 5.57. The van der Waals surface area contributed by atoms with Crippen molar-refractivity contribution in [2.75, 3.05) is 18.8 Å². The van der Waals surface area contributed by atoms with Gasteiger partial charge >= 0.3 is 6.09 Å². The van der Waals surface area contributed by atoms with Gasteiger partial charge in [-0.05, 0) is 44.9 Å². The minimum Gasteiger partial charge on any atom is -0.507 e. The number of benzene rings is 2. The second-order valence-corrected chi connectivity index (χ2v) is 9.46. The van der Waals surface area contributed by atoms with Gasteiger partial charge < -0.3 is 25.2 Å². The number of piperidine rings is 1. The Hall–Kier alpha value is -3.81. The standard InChI is InChI=1S/C26H30N4O4/c1-26(2,3)34-25(32)30-15-18(17-9-5-4-6-10-17)13-19(16-30)33-23-14-21(28-29-24(23)27)20-11-7-8-12-22(20)31/h4-12,14,18-19,31H,13,15-16H2,1-3H3,(H2,27,29)/t18-,19-/m1/s1. The number of carbonyl (C=O) groups excluding carboxylic acids is 1. The quantitative estimate of drug-likeness (QED) is 0.583. The van der Waals surface area contributed by atoms with Gasteiger partial charge in [0.1, 0.15) is 23.1 Å². The van der Waals surface area contributed by atoms with E-state index >= 15 is 0 Å². The van der Waals surface area contributed by atoms with Crippen molar-refractivity contribution in [2.45, 2.75) is 44.8 Å². The average Bonchev–Trinajstić information content (AvgIpc) is 2.80. The van der Waals surface area contributed by atoms with Crippen LogP contribution in [-0.4, -0.2) is 51.1 Å². The zero-order valence-corrected chi connectivity index (χ0v) is 19.6. The normalized spacial score (nSPS) is 18.4. The van der Waals surface area contributed by atoms with Crippen molar-refractivity contribution in [3.8, 4) is 22.8 Å². The number of rotatable bonds is 4. The molecule has 178 valence electrons. The van der Waals surface area contributed by atoms with Crippen LogP contribution in [0.5, 0.6) is 11.5 Å². The highest BCUT2D eigenvalue weighted by Gasteiger charge is 2.34. The van der Waals surface area contributed by atoms with Crippen LogP contribution in [0.25, 0.3) is 11.3 Å². The first kappa shape index (κ1) is 23.4. The SMILES string of the molecule is CC(C)(C)OC(=O)N1C[C@H](Oc2cc(-c3ccccc3O)nnc2N)C[C@@H](c2ccccc2)C1.